The van der Waals surface area contributed by atoms with Crippen molar-refractivity contribution in [2.24, 2.45) is 0 Å². The average Bonchev–Trinajstić information content (AvgIpc) is 3.29. The number of nitrogens with one attached hydrogen (secondary N) is 1. The zero-order chi connectivity index (χ0) is 25.5. The van der Waals surface area contributed by atoms with Gasteiger partial charge in [0.05, 0.1) is 24.0 Å². The van der Waals surface area contributed by atoms with Gasteiger partial charge in [-0.3, -0.25) is 4.79 Å². The summed E-state index contributed by atoms with van der Waals surface area (Å²) in [6.45, 7) is -0.903. The standard InChI is InChI=1S/C21H20F5N5O4/c1-30-14-9-27-19(28-13-7-6-11(17(32)33)8-15(13)35-21(24,25)26)29-16(14)31(12-4-2-3-5-12)10-20(22,23)18(30)34/h6-9,12H,2-5,10H2,1H3,(H,32,33)(H,27,28,29). The average molecular weight is 501 g/mol. The van der Waals surface area contributed by atoms with E-state index in [1.165, 1.54) is 11.9 Å². The number of fused-ring (bicyclic) bond motifs is 1. The smallest absolute Gasteiger partial charge is 0.478 e. The maximum absolute atomic E-state index is 14.7. The minimum Gasteiger partial charge on any atom is -0.478 e. The first-order valence-corrected chi connectivity index (χ1v) is 10.6. The number of ether oxygens (including phenoxy) is 1. The van der Waals surface area contributed by atoms with E-state index in [2.05, 4.69) is 20.0 Å². The minimum atomic E-state index is -5.11. The number of halogens is 5. The van der Waals surface area contributed by atoms with Gasteiger partial charge in [0.1, 0.15) is 5.69 Å². The molecule has 0 spiro atoms. The van der Waals surface area contributed by atoms with Gasteiger partial charge in [0, 0.05) is 13.1 Å². The number of hydrogen-bond donors (Lipinski definition) is 2. The molecule has 9 nitrogen and oxygen atoms in total. The summed E-state index contributed by atoms with van der Waals surface area (Å²) in [6, 6.07) is 2.47. The molecule has 1 aromatic carbocycles. The third kappa shape index (κ3) is 5.05. The summed E-state index contributed by atoms with van der Waals surface area (Å²) >= 11 is 0. The maximum atomic E-state index is 14.7. The number of carbonyl (C=O) groups is 2. The molecule has 188 valence electrons. The number of nitrogens with zero attached hydrogens (tertiary/aromatic N) is 4. The van der Waals surface area contributed by atoms with E-state index in [9.17, 15) is 31.5 Å². The second-order valence-electron chi connectivity index (χ2n) is 8.23. The van der Waals surface area contributed by atoms with Crippen LogP contribution in [-0.4, -0.2) is 58.9 Å². The highest BCUT2D eigenvalue weighted by Crippen LogP contribution is 2.40. The number of rotatable bonds is 5. The van der Waals surface area contributed by atoms with E-state index in [1.54, 1.807) is 0 Å². The third-order valence-electron chi connectivity index (χ3n) is 5.84. The van der Waals surface area contributed by atoms with Gasteiger partial charge in [-0.25, -0.2) is 9.78 Å². The van der Waals surface area contributed by atoms with Crippen LogP contribution in [0.4, 0.5) is 45.1 Å². The molecular formula is C21H20F5N5O4. The van der Waals surface area contributed by atoms with E-state index < -0.39 is 42.0 Å². The molecule has 1 amide bonds. The van der Waals surface area contributed by atoms with E-state index in [0.29, 0.717) is 18.9 Å². The Hall–Kier alpha value is -3.71. The molecule has 0 saturated heterocycles. The molecule has 2 aliphatic rings. The summed E-state index contributed by atoms with van der Waals surface area (Å²) in [5.41, 5.74) is -0.729. The second kappa shape index (κ2) is 8.82. The Morgan fingerprint density at radius 3 is 2.57 bits per heavy atom. The molecule has 0 unspecified atom stereocenters. The Morgan fingerprint density at radius 1 is 1.26 bits per heavy atom. The third-order valence-corrected chi connectivity index (χ3v) is 5.84. The van der Waals surface area contributed by atoms with Crippen LogP contribution in [0.5, 0.6) is 5.75 Å². The van der Waals surface area contributed by atoms with Gasteiger partial charge in [-0.1, -0.05) is 12.8 Å². The normalized spacial score (nSPS) is 18.3. The van der Waals surface area contributed by atoms with Gasteiger partial charge in [0.2, 0.25) is 5.95 Å². The van der Waals surface area contributed by atoms with Crippen molar-refractivity contribution in [3.8, 4) is 5.75 Å². The highest BCUT2D eigenvalue weighted by Gasteiger charge is 2.48. The highest BCUT2D eigenvalue weighted by atomic mass is 19.4. The number of aromatic carboxylic acids is 1. The number of carboxylic acids is 1. The molecule has 14 heteroatoms. The van der Waals surface area contributed by atoms with Gasteiger partial charge in [-0.15, -0.1) is 13.2 Å². The van der Waals surface area contributed by atoms with E-state index in [0.717, 1.165) is 36.1 Å². The molecule has 1 aliphatic carbocycles. The predicted molar refractivity (Wildman–Crippen MR) is 113 cm³/mol. The largest absolute Gasteiger partial charge is 0.573 e. The number of hydrogen-bond acceptors (Lipinski definition) is 7. The molecule has 2 aromatic rings. The Balaban J connectivity index is 1.75. The molecular weight excluding hydrogens is 481 g/mol. The Kier molecular flexibility index (Phi) is 6.15. The van der Waals surface area contributed by atoms with Crippen molar-refractivity contribution in [1.29, 1.82) is 0 Å². The van der Waals surface area contributed by atoms with Crippen molar-refractivity contribution >= 4 is 35.0 Å². The van der Waals surface area contributed by atoms with Crippen LogP contribution in [0, 0.1) is 0 Å². The quantitative estimate of drug-likeness (QED) is 0.588. The molecule has 4 rings (SSSR count). The molecule has 1 aromatic heterocycles. The molecule has 2 heterocycles. The lowest BCUT2D eigenvalue weighted by atomic mass is 10.2. The van der Waals surface area contributed by atoms with Crippen LogP contribution in [0.3, 0.4) is 0 Å². The molecule has 1 saturated carbocycles. The van der Waals surface area contributed by atoms with Crippen molar-refractivity contribution in [2.75, 3.05) is 28.7 Å². The van der Waals surface area contributed by atoms with Crippen LogP contribution < -0.4 is 19.9 Å². The molecule has 2 N–H and O–H groups in total. The predicted octanol–water partition coefficient (Wildman–Crippen LogP) is 4.18. The van der Waals surface area contributed by atoms with Gasteiger partial charge in [0.25, 0.3) is 5.91 Å². The molecule has 1 fully saturated rings. The van der Waals surface area contributed by atoms with E-state index >= 15 is 0 Å². The summed E-state index contributed by atoms with van der Waals surface area (Å²) in [5.74, 6) is -7.65. The zero-order valence-corrected chi connectivity index (χ0v) is 18.3. The monoisotopic (exact) mass is 501 g/mol. The van der Waals surface area contributed by atoms with Crippen LogP contribution in [0.15, 0.2) is 24.4 Å². The van der Waals surface area contributed by atoms with E-state index in [1.807, 2.05) is 0 Å². The van der Waals surface area contributed by atoms with E-state index in [-0.39, 0.29) is 29.2 Å². The number of carboxylic acid groups (broad SMARTS) is 1. The van der Waals surface area contributed by atoms with Gasteiger partial charge in [-0.2, -0.15) is 13.8 Å². The first kappa shape index (κ1) is 24.4. The highest BCUT2D eigenvalue weighted by molar-refractivity contribution is 6.02. The van der Waals surface area contributed by atoms with Gasteiger partial charge in [0.15, 0.2) is 11.6 Å². The summed E-state index contributed by atoms with van der Waals surface area (Å²) in [7, 11) is 1.17. The number of aromatic nitrogens is 2. The summed E-state index contributed by atoms with van der Waals surface area (Å²) in [4.78, 5) is 33.9. The fourth-order valence-electron chi connectivity index (χ4n) is 4.19. The van der Waals surface area contributed by atoms with Crippen molar-refractivity contribution in [3.05, 3.63) is 30.0 Å². The molecule has 0 bridgehead atoms. The van der Waals surface area contributed by atoms with Gasteiger partial charge < -0.3 is 25.0 Å². The molecule has 0 atom stereocenters. The van der Waals surface area contributed by atoms with Crippen LogP contribution in [0.1, 0.15) is 36.0 Å². The lowest BCUT2D eigenvalue weighted by Crippen LogP contribution is -2.48. The van der Waals surface area contributed by atoms with Crippen molar-refractivity contribution in [1.82, 2.24) is 9.97 Å². The first-order valence-electron chi connectivity index (χ1n) is 10.6. The maximum Gasteiger partial charge on any atom is 0.573 e. The summed E-state index contributed by atoms with van der Waals surface area (Å²) in [5, 5.41) is 11.6. The number of amides is 1. The Bertz CT molecular complexity index is 1150. The minimum absolute atomic E-state index is 0.0256. The fraction of sp³-hybridized carbons (Fsp3) is 0.429. The van der Waals surface area contributed by atoms with Gasteiger partial charge in [-0.05, 0) is 31.0 Å². The molecule has 35 heavy (non-hydrogen) atoms. The molecule has 0 radical (unpaired) electrons. The zero-order valence-electron chi connectivity index (χ0n) is 18.3. The lowest BCUT2D eigenvalue weighted by Gasteiger charge is -2.31. The second-order valence-corrected chi connectivity index (χ2v) is 8.23. The van der Waals surface area contributed by atoms with Crippen LogP contribution >= 0.6 is 0 Å². The number of alkyl halides is 5. The van der Waals surface area contributed by atoms with Crippen molar-refractivity contribution in [2.45, 2.75) is 44.0 Å². The summed E-state index contributed by atoms with van der Waals surface area (Å²) in [6.07, 6.45) is -1.13. The first-order chi connectivity index (χ1) is 16.4. The van der Waals surface area contributed by atoms with Crippen LogP contribution in [0.2, 0.25) is 0 Å². The van der Waals surface area contributed by atoms with Crippen molar-refractivity contribution < 1.29 is 41.4 Å². The number of anilines is 4. The Morgan fingerprint density at radius 2 is 1.94 bits per heavy atom. The molecule has 1 aliphatic heterocycles. The fourth-order valence-corrected chi connectivity index (χ4v) is 4.19. The van der Waals surface area contributed by atoms with Crippen LogP contribution in [0.25, 0.3) is 0 Å². The number of benzene rings is 1. The summed E-state index contributed by atoms with van der Waals surface area (Å²) < 4.78 is 72.0. The van der Waals surface area contributed by atoms with Crippen molar-refractivity contribution in [3.63, 3.8) is 0 Å². The topological polar surface area (TPSA) is 108 Å². The van der Waals surface area contributed by atoms with Gasteiger partial charge >= 0.3 is 18.3 Å². The Labute approximate surface area is 195 Å². The van der Waals surface area contributed by atoms with E-state index in [4.69, 9.17) is 5.11 Å². The van der Waals surface area contributed by atoms with Crippen LogP contribution in [-0.2, 0) is 4.79 Å². The lowest BCUT2D eigenvalue weighted by molar-refractivity contribution is -0.274. The SMILES string of the molecule is CN1C(=O)C(F)(F)CN(C2CCCC2)c2nc(Nc3ccc(C(=O)O)cc3OC(F)(F)F)ncc21. The number of carbonyl (C=O) groups excluding carboxylic acids is 1.